The second-order valence-electron chi connectivity index (χ2n) is 7.24. The van der Waals surface area contributed by atoms with Crippen LogP contribution in [0.5, 0.6) is 11.5 Å². The van der Waals surface area contributed by atoms with E-state index < -0.39 is 5.91 Å². The van der Waals surface area contributed by atoms with Gasteiger partial charge in [-0.2, -0.15) is 5.26 Å². The number of hydrogen-bond acceptors (Lipinski definition) is 4. The van der Waals surface area contributed by atoms with Gasteiger partial charge in [-0.1, -0.05) is 17.7 Å². The fourth-order valence-corrected chi connectivity index (χ4v) is 3.77. The van der Waals surface area contributed by atoms with Gasteiger partial charge in [0.1, 0.15) is 11.6 Å². The fourth-order valence-electron chi connectivity index (χ4n) is 3.59. The smallest absolute Gasteiger partial charge is 0.266 e. The molecule has 0 unspecified atom stereocenters. The molecule has 0 bridgehead atoms. The van der Waals surface area contributed by atoms with Gasteiger partial charge in [0, 0.05) is 33.9 Å². The molecule has 0 fully saturated rings. The first-order valence-electron chi connectivity index (χ1n) is 9.66. The Bertz CT molecular complexity index is 1270. The molecule has 0 atom stereocenters. The van der Waals surface area contributed by atoms with Crippen LogP contribution in [-0.2, 0) is 4.79 Å². The molecule has 0 saturated heterocycles. The topological polar surface area (TPSA) is 76.3 Å². The molecule has 2 heterocycles. The molecule has 1 aromatic heterocycles. The van der Waals surface area contributed by atoms with E-state index in [9.17, 15) is 10.1 Å². The molecule has 0 aliphatic carbocycles. The summed E-state index contributed by atoms with van der Waals surface area (Å²) in [5.41, 5.74) is 4.88. The molecule has 0 saturated carbocycles. The van der Waals surface area contributed by atoms with Gasteiger partial charge in [0.2, 0.25) is 6.79 Å². The summed E-state index contributed by atoms with van der Waals surface area (Å²) in [4.78, 5) is 12.7. The molecular weight excluding hydrogens is 414 g/mol. The van der Waals surface area contributed by atoms with Gasteiger partial charge in [-0.25, -0.2) is 0 Å². The van der Waals surface area contributed by atoms with Gasteiger partial charge in [-0.15, -0.1) is 0 Å². The van der Waals surface area contributed by atoms with Crippen LogP contribution >= 0.6 is 11.6 Å². The summed E-state index contributed by atoms with van der Waals surface area (Å²) >= 11 is 6.12. The quantitative estimate of drug-likeness (QED) is 0.445. The highest BCUT2D eigenvalue weighted by Gasteiger charge is 2.18. The molecule has 4 rings (SSSR count). The van der Waals surface area contributed by atoms with Crippen molar-refractivity contribution in [3.8, 4) is 23.3 Å². The first kappa shape index (κ1) is 20.6. The molecule has 2 aromatic carbocycles. The predicted octanol–water partition coefficient (Wildman–Crippen LogP) is 5.33. The lowest BCUT2D eigenvalue weighted by Crippen LogP contribution is -2.14. The zero-order valence-corrected chi connectivity index (χ0v) is 18.1. The third-order valence-electron chi connectivity index (χ3n) is 5.27. The van der Waals surface area contributed by atoms with Crippen LogP contribution < -0.4 is 14.8 Å². The van der Waals surface area contributed by atoms with Gasteiger partial charge < -0.3 is 19.4 Å². The normalized spacial score (nSPS) is 12.5. The Morgan fingerprint density at radius 3 is 2.71 bits per heavy atom. The van der Waals surface area contributed by atoms with Crippen molar-refractivity contribution >= 4 is 29.3 Å². The lowest BCUT2D eigenvalue weighted by atomic mass is 10.1. The van der Waals surface area contributed by atoms with E-state index >= 15 is 0 Å². The number of nitrogens with one attached hydrogen (secondary N) is 1. The number of halogens is 1. The van der Waals surface area contributed by atoms with Crippen molar-refractivity contribution in [2.75, 3.05) is 12.1 Å². The molecule has 0 radical (unpaired) electrons. The Labute approximate surface area is 185 Å². The zero-order chi connectivity index (χ0) is 22.1. The number of fused-ring (bicyclic) bond motifs is 1. The molecule has 1 aliphatic heterocycles. The van der Waals surface area contributed by atoms with Crippen LogP contribution in [-0.4, -0.2) is 17.3 Å². The van der Waals surface area contributed by atoms with Crippen LogP contribution in [0.1, 0.15) is 22.5 Å². The van der Waals surface area contributed by atoms with Crippen molar-refractivity contribution in [1.29, 1.82) is 5.26 Å². The van der Waals surface area contributed by atoms with Crippen LogP contribution in [0.25, 0.3) is 11.8 Å². The summed E-state index contributed by atoms with van der Waals surface area (Å²) in [7, 11) is 0. The second-order valence-corrected chi connectivity index (χ2v) is 7.64. The van der Waals surface area contributed by atoms with E-state index in [1.54, 1.807) is 24.3 Å². The van der Waals surface area contributed by atoms with Gasteiger partial charge in [0.05, 0.1) is 0 Å². The minimum Gasteiger partial charge on any atom is -0.454 e. The Morgan fingerprint density at radius 2 is 1.94 bits per heavy atom. The average Bonchev–Trinajstić information content (AvgIpc) is 3.32. The van der Waals surface area contributed by atoms with Crippen LogP contribution in [0.15, 0.2) is 48.0 Å². The number of rotatable bonds is 4. The number of ether oxygens (including phenoxy) is 2. The number of amides is 1. The number of nitriles is 1. The Kier molecular flexibility index (Phi) is 5.45. The summed E-state index contributed by atoms with van der Waals surface area (Å²) in [6.45, 7) is 5.93. The van der Waals surface area contributed by atoms with Gasteiger partial charge in [-0.05, 0) is 68.3 Å². The molecule has 31 heavy (non-hydrogen) atoms. The third-order valence-corrected chi connectivity index (χ3v) is 5.67. The van der Waals surface area contributed by atoms with Crippen molar-refractivity contribution in [3.05, 3.63) is 75.6 Å². The van der Waals surface area contributed by atoms with Crippen molar-refractivity contribution in [2.45, 2.75) is 20.8 Å². The van der Waals surface area contributed by atoms with Crippen LogP contribution in [0.3, 0.4) is 0 Å². The standard InChI is InChI=1S/C24H20ClN3O3/c1-14-9-17(16(3)28(14)19-7-8-22-23(11-19)31-13-30-22)10-18(12-26)24(29)27-21-6-4-5-20(25)15(21)2/h4-11H,13H2,1-3H3,(H,27,29)/b18-10-. The minimum atomic E-state index is -0.485. The molecule has 7 heteroatoms. The lowest BCUT2D eigenvalue weighted by molar-refractivity contribution is -0.112. The molecule has 6 nitrogen and oxygen atoms in total. The highest BCUT2D eigenvalue weighted by atomic mass is 35.5. The highest BCUT2D eigenvalue weighted by Crippen LogP contribution is 2.35. The van der Waals surface area contributed by atoms with E-state index in [4.69, 9.17) is 21.1 Å². The lowest BCUT2D eigenvalue weighted by Gasteiger charge is -2.11. The first-order valence-corrected chi connectivity index (χ1v) is 10.0. The fraction of sp³-hybridized carbons (Fsp3) is 0.167. The van der Waals surface area contributed by atoms with Crippen molar-refractivity contribution in [2.24, 2.45) is 0 Å². The van der Waals surface area contributed by atoms with Crippen LogP contribution in [0, 0.1) is 32.1 Å². The number of aromatic nitrogens is 1. The number of anilines is 1. The third kappa shape index (κ3) is 3.88. The second kappa shape index (κ2) is 8.21. The van der Waals surface area contributed by atoms with Crippen molar-refractivity contribution in [3.63, 3.8) is 0 Å². The van der Waals surface area contributed by atoms with Crippen LogP contribution in [0.4, 0.5) is 5.69 Å². The van der Waals surface area contributed by atoms with Crippen LogP contribution in [0.2, 0.25) is 5.02 Å². The van der Waals surface area contributed by atoms with E-state index in [0.29, 0.717) is 22.2 Å². The number of aryl methyl sites for hydroxylation is 1. The van der Waals surface area contributed by atoms with Crippen molar-refractivity contribution in [1.82, 2.24) is 4.57 Å². The maximum absolute atomic E-state index is 12.7. The molecule has 3 aromatic rings. The minimum absolute atomic E-state index is 0.00492. The number of nitrogens with zero attached hydrogens (tertiary/aromatic N) is 2. The van der Waals surface area contributed by atoms with E-state index in [1.807, 2.05) is 55.7 Å². The summed E-state index contributed by atoms with van der Waals surface area (Å²) in [6, 6.07) is 14.9. The zero-order valence-electron chi connectivity index (χ0n) is 17.3. The number of hydrogen-bond donors (Lipinski definition) is 1. The molecule has 1 N–H and O–H groups in total. The molecule has 1 amide bonds. The largest absolute Gasteiger partial charge is 0.454 e. The Balaban J connectivity index is 1.66. The monoisotopic (exact) mass is 433 g/mol. The van der Waals surface area contributed by atoms with Gasteiger partial charge >= 0.3 is 0 Å². The van der Waals surface area contributed by atoms with E-state index in [2.05, 4.69) is 5.32 Å². The van der Waals surface area contributed by atoms with Crippen molar-refractivity contribution < 1.29 is 14.3 Å². The van der Waals surface area contributed by atoms with Gasteiger partial charge in [0.15, 0.2) is 11.5 Å². The summed E-state index contributed by atoms with van der Waals surface area (Å²) < 4.78 is 12.9. The average molecular weight is 434 g/mol. The SMILES string of the molecule is Cc1c(Cl)cccc1NC(=O)/C(C#N)=C\c1cc(C)n(-c2ccc3c(c2)OCO3)c1C. The Morgan fingerprint density at radius 1 is 1.16 bits per heavy atom. The summed E-state index contributed by atoms with van der Waals surface area (Å²) in [5.74, 6) is 0.919. The molecule has 156 valence electrons. The number of benzene rings is 2. The molecular formula is C24H20ClN3O3. The Hall–Kier alpha value is -3.69. The number of carbonyl (C=O) groups is 1. The molecule has 0 spiro atoms. The van der Waals surface area contributed by atoms with E-state index in [1.165, 1.54) is 0 Å². The molecule has 1 aliphatic rings. The van der Waals surface area contributed by atoms with Gasteiger partial charge in [0.25, 0.3) is 5.91 Å². The maximum Gasteiger partial charge on any atom is 0.266 e. The van der Waals surface area contributed by atoms with E-state index in [-0.39, 0.29) is 12.4 Å². The van der Waals surface area contributed by atoms with E-state index in [0.717, 1.165) is 28.2 Å². The van der Waals surface area contributed by atoms with Gasteiger partial charge in [-0.3, -0.25) is 4.79 Å². The highest BCUT2D eigenvalue weighted by molar-refractivity contribution is 6.31. The number of carbonyl (C=O) groups excluding carboxylic acids is 1. The maximum atomic E-state index is 12.7. The predicted molar refractivity (Wildman–Crippen MR) is 120 cm³/mol. The first-order chi connectivity index (χ1) is 14.9. The summed E-state index contributed by atoms with van der Waals surface area (Å²) in [5, 5.41) is 12.9. The summed E-state index contributed by atoms with van der Waals surface area (Å²) in [6.07, 6.45) is 1.60.